The summed E-state index contributed by atoms with van der Waals surface area (Å²) in [5, 5.41) is 17.3. The number of aliphatic hydroxyl groups is 1. The molecule has 0 aromatic carbocycles. The van der Waals surface area contributed by atoms with Gasteiger partial charge in [0.1, 0.15) is 5.56 Å². The lowest BCUT2D eigenvalue weighted by Crippen LogP contribution is -2.56. The van der Waals surface area contributed by atoms with Crippen molar-refractivity contribution in [3.8, 4) is 5.88 Å². The minimum Gasteiger partial charge on any atom is -0.477 e. The number of hydrogen-bond acceptors (Lipinski definition) is 7. The van der Waals surface area contributed by atoms with Crippen molar-refractivity contribution in [1.82, 2.24) is 15.3 Å². The topological polar surface area (TPSA) is 106 Å². The Labute approximate surface area is 170 Å². The van der Waals surface area contributed by atoms with Crippen LogP contribution in [-0.2, 0) is 4.74 Å². The zero-order valence-electron chi connectivity index (χ0n) is 16.9. The second-order valence-electron chi connectivity index (χ2n) is 9.23. The van der Waals surface area contributed by atoms with Gasteiger partial charge in [-0.05, 0) is 63.2 Å². The standard InChI is InChI=1S/C21H30N4O4/c1-2-29-19-16(9-22-20(25-19)23-15-10-28-11-15)18(26)24-17-6-12-3-4-21(27)7-13(12)5-14(17)8-21/h9,12-15,17,27H,2-8,10-11H2,1H3,(H,24,26)(H,22,23,25)/t12?,13?,14?,17-,21-/m1/s1. The van der Waals surface area contributed by atoms with Crippen LogP contribution in [0, 0.1) is 17.8 Å². The van der Waals surface area contributed by atoms with Gasteiger partial charge in [0, 0.05) is 12.2 Å². The Morgan fingerprint density at radius 3 is 2.90 bits per heavy atom. The molecule has 8 nitrogen and oxygen atoms in total. The third-order valence-electron chi connectivity index (χ3n) is 7.23. The summed E-state index contributed by atoms with van der Waals surface area (Å²) in [7, 11) is 0. The molecule has 158 valence electrons. The third kappa shape index (κ3) is 3.68. The number of nitrogens with zero attached hydrogens (tertiary/aromatic N) is 2. The average Bonchev–Trinajstić information content (AvgIpc) is 2.65. The number of amides is 1. The maximum absolute atomic E-state index is 13.1. The summed E-state index contributed by atoms with van der Waals surface area (Å²) in [6, 6.07) is 0.294. The van der Waals surface area contributed by atoms with Crippen LogP contribution in [0.2, 0.25) is 0 Å². The number of carbonyl (C=O) groups is 1. The van der Waals surface area contributed by atoms with Crippen LogP contribution in [0.1, 0.15) is 55.8 Å². The average molecular weight is 402 g/mol. The van der Waals surface area contributed by atoms with E-state index in [0.29, 0.717) is 55.0 Å². The Morgan fingerprint density at radius 1 is 1.31 bits per heavy atom. The van der Waals surface area contributed by atoms with Crippen molar-refractivity contribution in [2.24, 2.45) is 17.8 Å². The Hall–Kier alpha value is -1.93. The summed E-state index contributed by atoms with van der Waals surface area (Å²) >= 11 is 0. The normalized spacial score (nSPS) is 35.7. The SMILES string of the molecule is CCOc1nc(NC2COC2)ncc1C(=O)N[C@@H]1CC2CC[C@@]3(O)CC2CC1C3. The van der Waals surface area contributed by atoms with E-state index in [9.17, 15) is 9.90 Å². The van der Waals surface area contributed by atoms with Crippen molar-refractivity contribution in [3.05, 3.63) is 11.8 Å². The molecule has 5 rings (SSSR count). The fourth-order valence-corrected chi connectivity index (χ4v) is 5.77. The minimum absolute atomic E-state index is 0.0929. The molecule has 1 aliphatic heterocycles. The summed E-state index contributed by atoms with van der Waals surface area (Å²) in [6.45, 7) is 3.56. The Kier molecular flexibility index (Phi) is 4.86. The lowest BCUT2D eigenvalue weighted by Gasteiger charge is -2.55. The number of nitrogens with one attached hydrogen (secondary N) is 2. The van der Waals surface area contributed by atoms with Gasteiger partial charge in [0.05, 0.1) is 31.5 Å². The van der Waals surface area contributed by atoms with Gasteiger partial charge < -0.3 is 25.2 Å². The van der Waals surface area contributed by atoms with Crippen molar-refractivity contribution >= 4 is 11.9 Å². The number of carbonyl (C=O) groups excluding carboxylic acids is 1. The van der Waals surface area contributed by atoms with E-state index in [0.717, 1.165) is 38.5 Å². The van der Waals surface area contributed by atoms with Crippen molar-refractivity contribution in [2.45, 2.75) is 63.1 Å². The number of hydrogen-bond donors (Lipinski definition) is 3. The first-order chi connectivity index (χ1) is 14.0. The van der Waals surface area contributed by atoms with Crippen molar-refractivity contribution in [1.29, 1.82) is 0 Å². The van der Waals surface area contributed by atoms with Crippen LogP contribution < -0.4 is 15.4 Å². The summed E-state index contributed by atoms with van der Waals surface area (Å²) < 4.78 is 10.8. The molecule has 3 bridgehead atoms. The minimum atomic E-state index is -0.522. The van der Waals surface area contributed by atoms with E-state index in [1.807, 2.05) is 6.92 Å². The van der Waals surface area contributed by atoms with Crippen LogP contribution in [0.3, 0.4) is 0 Å². The van der Waals surface area contributed by atoms with Crippen molar-refractivity contribution in [2.75, 3.05) is 25.1 Å². The molecule has 1 amide bonds. The first kappa shape index (κ1) is 19.1. The van der Waals surface area contributed by atoms with Crippen LogP contribution in [0.25, 0.3) is 0 Å². The van der Waals surface area contributed by atoms with Gasteiger partial charge in [0.25, 0.3) is 5.91 Å². The van der Waals surface area contributed by atoms with E-state index in [-0.39, 0.29) is 18.0 Å². The fourth-order valence-electron chi connectivity index (χ4n) is 5.77. The van der Waals surface area contributed by atoms with E-state index < -0.39 is 5.60 Å². The van der Waals surface area contributed by atoms with Gasteiger partial charge in [-0.1, -0.05) is 0 Å². The largest absolute Gasteiger partial charge is 0.477 e. The van der Waals surface area contributed by atoms with Crippen molar-refractivity contribution < 1.29 is 19.4 Å². The molecular formula is C21H30N4O4. The van der Waals surface area contributed by atoms with E-state index in [4.69, 9.17) is 9.47 Å². The molecule has 4 fully saturated rings. The predicted molar refractivity (Wildman–Crippen MR) is 106 cm³/mol. The highest BCUT2D eigenvalue weighted by Gasteiger charge is 2.51. The molecule has 3 saturated carbocycles. The van der Waals surface area contributed by atoms with Crippen LogP contribution in [-0.4, -0.2) is 58.5 Å². The smallest absolute Gasteiger partial charge is 0.258 e. The molecule has 3 N–H and O–H groups in total. The summed E-state index contributed by atoms with van der Waals surface area (Å²) in [4.78, 5) is 21.8. The van der Waals surface area contributed by atoms with E-state index >= 15 is 0 Å². The molecule has 1 aromatic rings. The molecule has 3 unspecified atom stereocenters. The number of rotatable bonds is 6. The highest BCUT2D eigenvalue weighted by molar-refractivity contribution is 5.96. The van der Waals surface area contributed by atoms with Gasteiger partial charge >= 0.3 is 0 Å². The third-order valence-corrected chi connectivity index (χ3v) is 7.23. The zero-order valence-corrected chi connectivity index (χ0v) is 16.9. The molecule has 0 spiro atoms. The Bertz CT molecular complexity index is 786. The Morgan fingerprint density at radius 2 is 2.14 bits per heavy atom. The maximum atomic E-state index is 13.1. The molecule has 1 aromatic heterocycles. The molecule has 4 aliphatic rings. The molecule has 1 saturated heterocycles. The quantitative estimate of drug-likeness (QED) is 0.666. The van der Waals surface area contributed by atoms with Gasteiger partial charge in [0.15, 0.2) is 0 Å². The lowest BCUT2D eigenvalue weighted by atomic mass is 9.54. The molecule has 8 heteroatoms. The molecule has 2 heterocycles. The van der Waals surface area contributed by atoms with Crippen LogP contribution in [0.15, 0.2) is 6.20 Å². The van der Waals surface area contributed by atoms with Crippen molar-refractivity contribution in [3.63, 3.8) is 0 Å². The summed E-state index contributed by atoms with van der Waals surface area (Å²) in [5.41, 5.74) is -0.157. The number of aromatic nitrogens is 2. The highest BCUT2D eigenvalue weighted by Crippen LogP contribution is 2.54. The second-order valence-corrected chi connectivity index (χ2v) is 9.23. The first-order valence-electron chi connectivity index (χ1n) is 10.9. The van der Waals surface area contributed by atoms with Crippen LogP contribution >= 0.6 is 0 Å². The summed E-state index contributed by atoms with van der Waals surface area (Å²) in [6.07, 6.45) is 7.37. The number of anilines is 1. The van der Waals surface area contributed by atoms with E-state index in [1.165, 1.54) is 0 Å². The molecule has 3 aliphatic carbocycles. The van der Waals surface area contributed by atoms with Crippen LogP contribution in [0.4, 0.5) is 5.95 Å². The highest BCUT2D eigenvalue weighted by atomic mass is 16.5. The lowest BCUT2D eigenvalue weighted by molar-refractivity contribution is -0.115. The summed E-state index contributed by atoms with van der Waals surface area (Å²) in [5.74, 6) is 2.13. The number of ether oxygens (including phenoxy) is 2. The molecule has 5 atom stereocenters. The van der Waals surface area contributed by atoms with E-state index in [2.05, 4.69) is 20.6 Å². The van der Waals surface area contributed by atoms with E-state index in [1.54, 1.807) is 6.20 Å². The maximum Gasteiger partial charge on any atom is 0.258 e. The van der Waals surface area contributed by atoms with Gasteiger partial charge in [-0.15, -0.1) is 0 Å². The number of fused-ring (bicyclic) bond motifs is 2. The molecule has 0 radical (unpaired) electrons. The molecular weight excluding hydrogens is 372 g/mol. The monoisotopic (exact) mass is 402 g/mol. The first-order valence-corrected chi connectivity index (χ1v) is 10.9. The van der Waals surface area contributed by atoms with Gasteiger partial charge in [-0.2, -0.15) is 4.98 Å². The Balaban J connectivity index is 1.31. The predicted octanol–water partition coefficient (Wildman–Crippen LogP) is 1.75. The van der Waals surface area contributed by atoms with Gasteiger partial charge in [-0.3, -0.25) is 4.79 Å². The zero-order chi connectivity index (χ0) is 20.0. The van der Waals surface area contributed by atoms with Gasteiger partial charge in [-0.25, -0.2) is 4.98 Å². The second kappa shape index (κ2) is 7.40. The van der Waals surface area contributed by atoms with Crippen LogP contribution in [0.5, 0.6) is 5.88 Å². The van der Waals surface area contributed by atoms with Gasteiger partial charge in [0.2, 0.25) is 11.8 Å². The fraction of sp³-hybridized carbons (Fsp3) is 0.762. The molecule has 29 heavy (non-hydrogen) atoms.